The normalized spacial score (nSPS) is 10.5. The number of aryl methyl sites for hydroxylation is 2. The Hall–Kier alpha value is -2.24. The molecule has 0 amide bonds. The van der Waals surface area contributed by atoms with Gasteiger partial charge in [-0.2, -0.15) is 0 Å². The van der Waals surface area contributed by atoms with Gasteiger partial charge in [-0.05, 0) is 13.8 Å². The summed E-state index contributed by atoms with van der Waals surface area (Å²) in [5.41, 5.74) is 6.97. The van der Waals surface area contributed by atoms with Gasteiger partial charge >= 0.3 is 0 Å². The van der Waals surface area contributed by atoms with Gasteiger partial charge < -0.3 is 5.73 Å². The minimum Gasteiger partial charge on any atom is -0.384 e. The zero-order valence-corrected chi connectivity index (χ0v) is 9.71. The number of aromatic nitrogens is 4. The van der Waals surface area contributed by atoms with Crippen molar-refractivity contribution in [1.82, 2.24) is 19.5 Å². The number of rotatable bonds is 2. The summed E-state index contributed by atoms with van der Waals surface area (Å²) in [6.45, 7) is 3.88. The number of nitrogens with two attached hydrogens (primary N) is 1. The van der Waals surface area contributed by atoms with Crippen molar-refractivity contribution >= 4 is 5.82 Å². The van der Waals surface area contributed by atoms with E-state index in [1.165, 1.54) is 17.0 Å². The van der Waals surface area contributed by atoms with Gasteiger partial charge in [-0.25, -0.2) is 15.0 Å². The fourth-order valence-corrected chi connectivity index (χ4v) is 1.51. The van der Waals surface area contributed by atoms with Crippen LogP contribution < -0.4 is 11.3 Å². The van der Waals surface area contributed by atoms with Crippen molar-refractivity contribution in [1.29, 1.82) is 0 Å². The molecule has 2 aromatic rings. The lowest BCUT2D eigenvalue weighted by Crippen LogP contribution is -2.22. The van der Waals surface area contributed by atoms with Gasteiger partial charge in [0.05, 0.1) is 12.9 Å². The predicted octanol–water partition coefficient (Wildman–Crippen LogP) is 0.281. The lowest BCUT2D eigenvalue weighted by atomic mass is 10.4. The van der Waals surface area contributed by atoms with Crippen LogP contribution in [0.4, 0.5) is 5.82 Å². The molecule has 2 N–H and O–H groups in total. The minimum absolute atomic E-state index is 0.124. The van der Waals surface area contributed by atoms with Crippen LogP contribution >= 0.6 is 0 Å². The molecule has 0 radical (unpaired) electrons. The van der Waals surface area contributed by atoms with Crippen LogP contribution in [-0.2, 0) is 6.54 Å². The van der Waals surface area contributed by atoms with Crippen molar-refractivity contribution in [3.63, 3.8) is 0 Å². The monoisotopic (exact) mass is 231 g/mol. The number of nitrogen functional groups attached to an aromatic ring is 1. The Morgan fingerprint density at radius 3 is 2.65 bits per heavy atom. The van der Waals surface area contributed by atoms with Crippen LogP contribution in [0, 0.1) is 13.8 Å². The number of hydrogen-bond acceptors (Lipinski definition) is 5. The Labute approximate surface area is 98.2 Å². The van der Waals surface area contributed by atoms with Gasteiger partial charge in [0.2, 0.25) is 0 Å². The van der Waals surface area contributed by atoms with Crippen LogP contribution in [0.3, 0.4) is 0 Å². The minimum atomic E-state index is -0.124. The molecule has 0 aliphatic carbocycles. The van der Waals surface area contributed by atoms with E-state index in [0.717, 1.165) is 5.69 Å². The Kier molecular flexibility index (Phi) is 2.86. The summed E-state index contributed by atoms with van der Waals surface area (Å²) in [7, 11) is 0. The SMILES string of the molecule is Cc1cc(=O)n(Cc2nc(C)cc(N)n2)cn1. The Morgan fingerprint density at radius 1 is 1.24 bits per heavy atom. The molecule has 17 heavy (non-hydrogen) atoms. The number of hydrogen-bond donors (Lipinski definition) is 1. The number of anilines is 1. The van der Waals surface area contributed by atoms with Crippen molar-refractivity contribution in [2.45, 2.75) is 20.4 Å². The van der Waals surface area contributed by atoms with Gasteiger partial charge in [-0.3, -0.25) is 9.36 Å². The molecule has 0 aliphatic heterocycles. The van der Waals surface area contributed by atoms with Crippen molar-refractivity contribution in [2.75, 3.05) is 5.73 Å². The molecular weight excluding hydrogens is 218 g/mol. The third-order valence-electron chi connectivity index (χ3n) is 2.25. The molecule has 2 aromatic heterocycles. The topological polar surface area (TPSA) is 86.7 Å². The highest BCUT2D eigenvalue weighted by Crippen LogP contribution is 2.02. The summed E-state index contributed by atoms with van der Waals surface area (Å²) in [6.07, 6.45) is 1.49. The second kappa shape index (κ2) is 4.32. The van der Waals surface area contributed by atoms with E-state index in [2.05, 4.69) is 15.0 Å². The lowest BCUT2D eigenvalue weighted by Gasteiger charge is -2.05. The van der Waals surface area contributed by atoms with E-state index in [0.29, 0.717) is 17.3 Å². The van der Waals surface area contributed by atoms with Crippen LogP contribution in [0.5, 0.6) is 0 Å². The molecule has 6 heteroatoms. The van der Waals surface area contributed by atoms with Crippen LogP contribution in [0.25, 0.3) is 0 Å². The highest BCUT2D eigenvalue weighted by Gasteiger charge is 2.03. The smallest absolute Gasteiger partial charge is 0.253 e. The van der Waals surface area contributed by atoms with Crippen LogP contribution in [0.15, 0.2) is 23.3 Å². The fourth-order valence-electron chi connectivity index (χ4n) is 1.51. The maximum absolute atomic E-state index is 11.7. The maximum Gasteiger partial charge on any atom is 0.253 e. The fraction of sp³-hybridized carbons (Fsp3) is 0.273. The standard InChI is InChI=1S/C11H13N5O/c1-7-4-11(17)16(6-13-7)5-10-14-8(2)3-9(12)15-10/h3-4,6H,5H2,1-2H3,(H2,12,14,15). The summed E-state index contributed by atoms with van der Waals surface area (Å²) >= 11 is 0. The first-order valence-corrected chi connectivity index (χ1v) is 5.18. The molecule has 0 aromatic carbocycles. The third kappa shape index (κ3) is 2.66. The average Bonchev–Trinajstić information content (AvgIpc) is 2.21. The largest absolute Gasteiger partial charge is 0.384 e. The first-order valence-electron chi connectivity index (χ1n) is 5.18. The zero-order chi connectivity index (χ0) is 12.4. The average molecular weight is 231 g/mol. The molecular formula is C11H13N5O. The molecule has 0 bridgehead atoms. The third-order valence-corrected chi connectivity index (χ3v) is 2.25. The summed E-state index contributed by atoms with van der Waals surface area (Å²) in [6, 6.07) is 3.15. The Balaban J connectivity index is 2.34. The summed E-state index contributed by atoms with van der Waals surface area (Å²) in [4.78, 5) is 24.0. The van der Waals surface area contributed by atoms with E-state index in [1.54, 1.807) is 13.0 Å². The zero-order valence-electron chi connectivity index (χ0n) is 9.71. The van der Waals surface area contributed by atoms with E-state index in [9.17, 15) is 4.79 Å². The van der Waals surface area contributed by atoms with E-state index in [1.807, 2.05) is 6.92 Å². The van der Waals surface area contributed by atoms with Crippen molar-refractivity contribution in [2.24, 2.45) is 0 Å². The van der Waals surface area contributed by atoms with Gasteiger partial charge in [0.1, 0.15) is 5.82 Å². The molecule has 0 fully saturated rings. The van der Waals surface area contributed by atoms with Crippen molar-refractivity contribution < 1.29 is 0 Å². The van der Waals surface area contributed by atoms with Crippen LogP contribution in [0.2, 0.25) is 0 Å². The summed E-state index contributed by atoms with van der Waals surface area (Å²) < 4.78 is 1.45. The van der Waals surface area contributed by atoms with Gasteiger partial charge in [0, 0.05) is 23.5 Å². The molecule has 0 unspecified atom stereocenters. The maximum atomic E-state index is 11.7. The molecule has 0 spiro atoms. The first-order chi connectivity index (χ1) is 8.04. The van der Waals surface area contributed by atoms with E-state index >= 15 is 0 Å². The van der Waals surface area contributed by atoms with Gasteiger partial charge in [-0.15, -0.1) is 0 Å². The molecule has 2 heterocycles. The summed E-state index contributed by atoms with van der Waals surface area (Å²) in [5, 5.41) is 0. The predicted molar refractivity (Wildman–Crippen MR) is 63.5 cm³/mol. The second-order valence-electron chi connectivity index (χ2n) is 3.85. The van der Waals surface area contributed by atoms with E-state index < -0.39 is 0 Å². The highest BCUT2D eigenvalue weighted by atomic mass is 16.1. The van der Waals surface area contributed by atoms with Crippen molar-refractivity contribution in [3.8, 4) is 0 Å². The molecule has 2 rings (SSSR count). The van der Waals surface area contributed by atoms with Gasteiger partial charge in [-0.1, -0.05) is 0 Å². The molecule has 0 aliphatic rings. The first kappa shape index (κ1) is 11.3. The van der Waals surface area contributed by atoms with Crippen molar-refractivity contribution in [3.05, 3.63) is 46.0 Å². The molecule has 0 saturated heterocycles. The number of nitrogens with zero attached hydrogens (tertiary/aromatic N) is 4. The second-order valence-corrected chi connectivity index (χ2v) is 3.85. The molecule has 88 valence electrons. The van der Waals surface area contributed by atoms with Gasteiger partial charge in [0.25, 0.3) is 5.56 Å². The molecule has 0 saturated carbocycles. The molecule has 0 atom stereocenters. The highest BCUT2D eigenvalue weighted by molar-refractivity contribution is 5.29. The summed E-state index contributed by atoms with van der Waals surface area (Å²) in [5.74, 6) is 0.913. The van der Waals surface area contributed by atoms with E-state index in [-0.39, 0.29) is 12.1 Å². The Morgan fingerprint density at radius 2 is 2.00 bits per heavy atom. The lowest BCUT2D eigenvalue weighted by molar-refractivity contribution is 0.691. The van der Waals surface area contributed by atoms with Crippen LogP contribution in [-0.4, -0.2) is 19.5 Å². The molecule has 6 nitrogen and oxygen atoms in total. The quantitative estimate of drug-likeness (QED) is 0.802. The van der Waals surface area contributed by atoms with Crippen LogP contribution in [0.1, 0.15) is 17.2 Å². The van der Waals surface area contributed by atoms with Gasteiger partial charge in [0.15, 0.2) is 5.82 Å². The Bertz CT molecular complexity index is 585. The van der Waals surface area contributed by atoms with E-state index in [4.69, 9.17) is 5.73 Å².